The van der Waals surface area contributed by atoms with Gasteiger partial charge >= 0.3 is 0 Å². The Morgan fingerprint density at radius 1 is 1.05 bits per heavy atom. The van der Waals surface area contributed by atoms with Crippen LogP contribution in [0.3, 0.4) is 0 Å². The number of allylic oxidation sites excluding steroid dienone is 1. The molecule has 2 aliphatic carbocycles. The maximum absolute atomic E-state index is 15.1. The van der Waals surface area contributed by atoms with Crippen LogP contribution in [0.15, 0.2) is 72.5 Å². The summed E-state index contributed by atoms with van der Waals surface area (Å²) in [5.74, 6) is -1.78. The van der Waals surface area contributed by atoms with Crippen molar-refractivity contribution in [1.29, 1.82) is 0 Å². The van der Waals surface area contributed by atoms with Crippen LogP contribution in [0.1, 0.15) is 19.3 Å². The van der Waals surface area contributed by atoms with Gasteiger partial charge in [-0.25, -0.2) is 13.8 Å². The Labute approximate surface area is 250 Å². The number of morpholine rings is 1. The number of nitrogens with one attached hydrogen (secondary N) is 2. The Morgan fingerprint density at radius 3 is 2.55 bits per heavy atom. The number of halogens is 2. The zero-order valence-corrected chi connectivity index (χ0v) is 23.6. The topological polar surface area (TPSA) is 132 Å². The third kappa shape index (κ3) is 6.37. The van der Waals surface area contributed by atoms with E-state index in [2.05, 4.69) is 20.6 Å². The van der Waals surface area contributed by atoms with E-state index in [1.54, 1.807) is 17.0 Å². The number of ether oxygens (including phenoxy) is 3. The van der Waals surface area contributed by atoms with Gasteiger partial charge in [0.2, 0.25) is 17.7 Å². The molecule has 228 valence electrons. The monoisotopic (exact) mass is 605 g/mol. The SMILES string of the molecule is O=C(COc1cc2nccc(OC3=CCC(NC(=O)C4(C(=O)Nc5ccc(F)cc5)CC4)C=C3F)c2cn1)N1CCOCC1. The van der Waals surface area contributed by atoms with Gasteiger partial charge in [-0.05, 0) is 61.7 Å². The number of carbonyl (C=O) groups excluding carboxylic acids is 3. The Hall–Kier alpha value is -4.91. The summed E-state index contributed by atoms with van der Waals surface area (Å²) in [5, 5.41) is 5.90. The molecule has 6 rings (SSSR count). The van der Waals surface area contributed by atoms with Gasteiger partial charge in [-0.15, -0.1) is 0 Å². The Balaban J connectivity index is 1.05. The molecule has 2 fully saturated rings. The fourth-order valence-electron chi connectivity index (χ4n) is 4.95. The van der Waals surface area contributed by atoms with Gasteiger partial charge in [0.05, 0.1) is 30.2 Å². The first-order chi connectivity index (χ1) is 21.3. The van der Waals surface area contributed by atoms with Crippen LogP contribution >= 0.6 is 0 Å². The molecular formula is C31H29F2N5O6. The quantitative estimate of drug-likeness (QED) is 0.355. The molecule has 1 aromatic carbocycles. The van der Waals surface area contributed by atoms with E-state index in [1.165, 1.54) is 48.8 Å². The zero-order valence-electron chi connectivity index (χ0n) is 23.6. The normalized spacial score (nSPS) is 19.0. The minimum absolute atomic E-state index is 0.0328. The predicted octanol–water partition coefficient (Wildman–Crippen LogP) is 3.43. The summed E-state index contributed by atoms with van der Waals surface area (Å²) in [5.41, 5.74) is -0.392. The Bertz CT molecular complexity index is 1650. The molecule has 1 saturated carbocycles. The molecular weight excluding hydrogens is 576 g/mol. The lowest BCUT2D eigenvalue weighted by atomic mass is 10.0. The molecule has 11 nitrogen and oxygen atoms in total. The molecule has 44 heavy (non-hydrogen) atoms. The summed E-state index contributed by atoms with van der Waals surface area (Å²) < 4.78 is 45.0. The van der Waals surface area contributed by atoms with Gasteiger partial charge < -0.3 is 29.7 Å². The van der Waals surface area contributed by atoms with Gasteiger partial charge in [0, 0.05) is 37.2 Å². The number of pyridine rings is 2. The molecule has 1 aliphatic heterocycles. The van der Waals surface area contributed by atoms with Crippen molar-refractivity contribution in [2.75, 3.05) is 38.2 Å². The molecule has 1 unspecified atom stereocenters. The first kappa shape index (κ1) is 29.2. The highest BCUT2D eigenvalue weighted by molar-refractivity contribution is 6.13. The number of fused-ring (bicyclic) bond motifs is 1. The Kier molecular flexibility index (Phi) is 8.20. The molecule has 0 radical (unpaired) electrons. The van der Waals surface area contributed by atoms with E-state index in [1.807, 2.05) is 0 Å². The van der Waals surface area contributed by atoms with Crippen molar-refractivity contribution in [3.8, 4) is 11.6 Å². The number of benzene rings is 1. The largest absolute Gasteiger partial charge is 0.467 e. The molecule has 0 bridgehead atoms. The molecule has 1 atom stereocenters. The highest BCUT2D eigenvalue weighted by atomic mass is 19.1. The smallest absolute Gasteiger partial charge is 0.260 e. The molecule has 13 heteroatoms. The van der Waals surface area contributed by atoms with Gasteiger partial charge in [0.25, 0.3) is 5.91 Å². The van der Waals surface area contributed by atoms with Crippen LogP contribution < -0.4 is 20.1 Å². The molecule has 3 aliphatic rings. The lowest BCUT2D eigenvalue weighted by molar-refractivity contribution is -0.137. The van der Waals surface area contributed by atoms with Crippen LogP contribution in [0.25, 0.3) is 10.9 Å². The molecule has 3 amide bonds. The van der Waals surface area contributed by atoms with E-state index >= 15 is 4.39 Å². The maximum atomic E-state index is 15.1. The molecule has 2 N–H and O–H groups in total. The average molecular weight is 606 g/mol. The van der Waals surface area contributed by atoms with Crippen LogP contribution in [-0.4, -0.2) is 71.5 Å². The maximum Gasteiger partial charge on any atom is 0.260 e. The van der Waals surface area contributed by atoms with Crippen molar-refractivity contribution in [2.45, 2.75) is 25.3 Å². The standard InChI is InChI=1S/C31H29F2N5O6/c32-19-1-3-20(4-2-19)36-29(40)31(8-9-31)30(41)37-21-5-6-26(23(33)15-21)44-25-7-10-34-24-16-27(35-17-22(24)25)43-18-28(39)38-11-13-42-14-12-38/h1-4,6-7,10,15-17,21H,5,8-9,11-14,18H2,(H,36,40)(H,37,41). The second kappa shape index (κ2) is 12.4. The second-order valence-corrected chi connectivity index (χ2v) is 10.7. The highest BCUT2D eigenvalue weighted by Crippen LogP contribution is 2.47. The van der Waals surface area contributed by atoms with E-state index in [0.29, 0.717) is 61.5 Å². The minimum Gasteiger partial charge on any atom is -0.467 e. The number of anilines is 1. The van der Waals surface area contributed by atoms with Crippen molar-refractivity contribution < 1.29 is 37.4 Å². The van der Waals surface area contributed by atoms with Gasteiger partial charge in [-0.2, -0.15) is 0 Å². The second-order valence-electron chi connectivity index (χ2n) is 10.7. The lowest BCUT2D eigenvalue weighted by Crippen LogP contribution is -2.44. The first-order valence-corrected chi connectivity index (χ1v) is 14.2. The lowest BCUT2D eigenvalue weighted by Gasteiger charge is -2.26. The van der Waals surface area contributed by atoms with Crippen molar-refractivity contribution >= 4 is 34.3 Å². The molecule has 3 heterocycles. The number of nitrogens with zero attached hydrogens (tertiary/aromatic N) is 3. The van der Waals surface area contributed by atoms with Gasteiger partial charge in [0.15, 0.2) is 18.2 Å². The summed E-state index contributed by atoms with van der Waals surface area (Å²) in [4.78, 5) is 48.4. The van der Waals surface area contributed by atoms with Crippen LogP contribution in [0.4, 0.5) is 14.5 Å². The van der Waals surface area contributed by atoms with E-state index in [0.717, 1.165) is 0 Å². The van der Waals surface area contributed by atoms with Crippen molar-refractivity contribution in [2.24, 2.45) is 5.41 Å². The summed E-state index contributed by atoms with van der Waals surface area (Å²) in [6, 6.07) is 7.72. The summed E-state index contributed by atoms with van der Waals surface area (Å²) in [7, 11) is 0. The number of aromatic nitrogens is 2. The number of rotatable bonds is 9. The summed E-state index contributed by atoms with van der Waals surface area (Å²) >= 11 is 0. The average Bonchev–Trinajstić information content (AvgIpc) is 3.85. The van der Waals surface area contributed by atoms with Crippen LogP contribution in [0.2, 0.25) is 0 Å². The first-order valence-electron chi connectivity index (χ1n) is 14.2. The number of amides is 3. The molecule has 3 aromatic rings. The fourth-order valence-corrected chi connectivity index (χ4v) is 4.95. The molecule has 2 aromatic heterocycles. The van der Waals surface area contributed by atoms with Crippen molar-refractivity contribution in [3.63, 3.8) is 0 Å². The summed E-state index contributed by atoms with van der Waals surface area (Å²) in [6.45, 7) is 1.84. The minimum atomic E-state index is -1.25. The number of hydrogen-bond acceptors (Lipinski definition) is 8. The predicted molar refractivity (Wildman–Crippen MR) is 154 cm³/mol. The van der Waals surface area contributed by atoms with Crippen LogP contribution in [0.5, 0.6) is 11.6 Å². The van der Waals surface area contributed by atoms with Crippen molar-refractivity contribution in [3.05, 3.63) is 78.3 Å². The van der Waals surface area contributed by atoms with Crippen LogP contribution in [-0.2, 0) is 19.1 Å². The van der Waals surface area contributed by atoms with Gasteiger partial charge in [-0.3, -0.25) is 19.4 Å². The van der Waals surface area contributed by atoms with E-state index in [4.69, 9.17) is 14.2 Å². The zero-order chi connectivity index (χ0) is 30.7. The highest BCUT2D eigenvalue weighted by Gasteiger charge is 2.56. The number of hydrogen-bond donors (Lipinski definition) is 2. The summed E-state index contributed by atoms with van der Waals surface area (Å²) in [6.07, 6.45) is 6.69. The van der Waals surface area contributed by atoms with Crippen molar-refractivity contribution in [1.82, 2.24) is 20.2 Å². The van der Waals surface area contributed by atoms with E-state index < -0.39 is 34.9 Å². The third-order valence-corrected chi connectivity index (χ3v) is 7.67. The number of carbonyl (C=O) groups is 3. The fraction of sp³-hybridized carbons (Fsp3) is 0.323. The van der Waals surface area contributed by atoms with E-state index in [-0.39, 0.29) is 30.6 Å². The van der Waals surface area contributed by atoms with Crippen LogP contribution in [0, 0.1) is 11.2 Å². The Morgan fingerprint density at radius 2 is 1.82 bits per heavy atom. The third-order valence-electron chi connectivity index (χ3n) is 7.67. The molecule has 1 saturated heterocycles. The van der Waals surface area contributed by atoms with E-state index in [9.17, 15) is 18.8 Å². The molecule has 0 spiro atoms. The van der Waals surface area contributed by atoms with Gasteiger partial charge in [0.1, 0.15) is 17.0 Å². The van der Waals surface area contributed by atoms with Gasteiger partial charge in [-0.1, -0.05) is 0 Å².